The van der Waals surface area contributed by atoms with Crippen LogP contribution in [-0.4, -0.2) is 35.0 Å². The summed E-state index contributed by atoms with van der Waals surface area (Å²) in [6.45, 7) is 2.07. The van der Waals surface area contributed by atoms with Crippen molar-refractivity contribution in [3.05, 3.63) is 11.6 Å². The van der Waals surface area contributed by atoms with Gasteiger partial charge in [-0.05, 0) is 32.6 Å². The molecule has 16 heavy (non-hydrogen) atoms. The molecule has 0 radical (unpaired) electrons. The summed E-state index contributed by atoms with van der Waals surface area (Å²) in [6.07, 6.45) is 6.88. The van der Waals surface area contributed by atoms with Gasteiger partial charge in [0.1, 0.15) is 6.54 Å². The van der Waals surface area contributed by atoms with E-state index in [4.69, 9.17) is 5.11 Å². The van der Waals surface area contributed by atoms with Gasteiger partial charge < -0.3 is 10.0 Å². The Hall–Kier alpha value is -1.32. The Labute approximate surface area is 95.9 Å². The maximum atomic E-state index is 11.8. The third kappa shape index (κ3) is 4.04. The average Bonchev–Trinajstić information content (AvgIpc) is 2.26. The fourth-order valence-corrected chi connectivity index (χ4v) is 1.91. The summed E-state index contributed by atoms with van der Waals surface area (Å²) in [5.41, 5.74) is 1.17. The Morgan fingerprint density at radius 3 is 2.69 bits per heavy atom. The molecule has 0 saturated carbocycles. The van der Waals surface area contributed by atoms with Crippen molar-refractivity contribution in [1.82, 2.24) is 4.90 Å². The molecule has 0 aromatic carbocycles. The number of likely N-dealkylation sites (N-methyl/N-ethyl adjacent to an activating group) is 1. The molecule has 0 saturated heterocycles. The van der Waals surface area contributed by atoms with Crippen LogP contribution in [0, 0.1) is 0 Å². The topological polar surface area (TPSA) is 57.6 Å². The average molecular weight is 225 g/mol. The number of carbonyl (C=O) groups is 2. The molecule has 1 aliphatic rings. The molecule has 0 aromatic heterocycles. The molecule has 0 fully saturated rings. The SMILES string of the molecule is CCN(CC(=O)O)C(=O)CC1=CCCCC1. The van der Waals surface area contributed by atoms with Crippen molar-refractivity contribution in [2.45, 2.75) is 39.0 Å². The Morgan fingerprint density at radius 2 is 2.19 bits per heavy atom. The fourth-order valence-electron chi connectivity index (χ4n) is 1.91. The second-order valence-electron chi connectivity index (χ2n) is 4.09. The highest BCUT2D eigenvalue weighted by Crippen LogP contribution is 2.20. The van der Waals surface area contributed by atoms with Crippen LogP contribution in [0.1, 0.15) is 39.0 Å². The lowest BCUT2D eigenvalue weighted by atomic mass is 9.97. The zero-order valence-electron chi connectivity index (χ0n) is 9.74. The Bertz CT molecular complexity index is 297. The molecule has 0 aromatic rings. The van der Waals surface area contributed by atoms with Crippen molar-refractivity contribution < 1.29 is 14.7 Å². The van der Waals surface area contributed by atoms with E-state index in [2.05, 4.69) is 6.08 Å². The largest absolute Gasteiger partial charge is 0.480 e. The number of carbonyl (C=O) groups excluding carboxylic acids is 1. The number of rotatable bonds is 5. The molecular formula is C12H19NO3. The Kier molecular flexibility index (Phi) is 5.02. The number of carboxylic acid groups (broad SMARTS) is 1. The summed E-state index contributed by atoms with van der Waals surface area (Å²) < 4.78 is 0. The van der Waals surface area contributed by atoms with Crippen LogP contribution in [0.25, 0.3) is 0 Å². The van der Waals surface area contributed by atoms with E-state index >= 15 is 0 Å². The first kappa shape index (κ1) is 12.7. The molecule has 1 aliphatic carbocycles. The van der Waals surface area contributed by atoms with Crippen molar-refractivity contribution in [3.8, 4) is 0 Å². The van der Waals surface area contributed by atoms with Gasteiger partial charge in [-0.2, -0.15) is 0 Å². The number of nitrogens with zero attached hydrogens (tertiary/aromatic N) is 1. The quantitative estimate of drug-likeness (QED) is 0.726. The van der Waals surface area contributed by atoms with Crippen LogP contribution in [0.3, 0.4) is 0 Å². The van der Waals surface area contributed by atoms with Crippen LogP contribution in [0.4, 0.5) is 0 Å². The summed E-state index contributed by atoms with van der Waals surface area (Å²) in [4.78, 5) is 23.7. The monoisotopic (exact) mass is 225 g/mol. The van der Waals surface area contributed by atoms with Crippen molar-refractivity contribution in [1.29, 1.82) is 0 Å². The van der Waals surface area contributed by atoms with E-state index in [1.807, 2.05) is 0 Å². The lowest BCUT2D eigenvalue weighted by Crippen LogP contribution is -2.35. The molecule has 1 amide bonds. The zero-order chi connectivity index (χ0) is 12.0. The number of hydrogen-bond acceptors (Lipinski definition) is 2. The molecule has 1 rings (SSSR count). The standard InChI is InChI=1S/C12H19NO3/c1-2-13(9-12(15)16)11(14)8-10-6-4-3-5-7-10/h6H,2-5,7-9H2,1H3,(H,15,16). The van der Waals surface area contributed by atoms with Gasteiger partial charge >= 0.3 is 5.97 Å². The maximum absolute atomic E-state index is 11.8. The zero-order valence-corrected chi connectivity index (χ0v) is 9.74. The molecule has 1 N–H and O–H groups in total. The van der Waals surface area contributed by atoms with E-state index in [0.717, 1.165) is 19.3 Å². The van der Waals surface area contributed by atoms with Gasteiger partial charge in [0.2, 0.25) is 5.91 Å². The van der Waals surface area contributed by atoms with E-state index < -0.39 is 5.97 Å². The highest BCUT2D eigenvalue weighted by atomic mass is 16.4. The van der Waals surface area contributed by atoms with Crippen LogP contribution in [0.15, 0.2) is 11.6 Å². The lowest BCUT2D eigenvalue weighted by Gasteiger charge is -2.20. The van der Waals surface area contributed by atoms with Gasteiger partial charge in [-0.3, -0.25) is 9.59 Å². The fraction of sp³-hybridized carbons (Fsp3) is 0.667. The minimum atomic E-state index is -0.951. The summed E-state index contributed by atoms with van der Waals surface area (Å²) in [5, 5.41) is 8.66. The minimum Gasteiger partial charge on any atom is -0.480 e. The maximum Gasteiger partial charge on any atom is 0.323 e. The number of carboxylic acids is 1. The van der Waals surface area contributed by atoms with E-state index in [1.165, 1.54) is 16.9 Å². The lowest BCUT2D eigenvalue weighted by molar-refractivity contribution is -0.144. The molecule has 0 aliphatic heterocycles. The van der Waals surface area contributed by atoms with Gasteiger partial charge in [0.25, 0.3) is 0 Å². The van der Waals surface area contributed by atoms with Crippen molar-refractivity contribution >= 4 is 11.9 Å². The number of allylic oxidation sites excluding steroid dienone is 1. The van der Waals surface area contributed by atoms with Crippen molar-refractivity contribution in [2.75, 3.05) is 13.1 Å². The summed E-state index contributed by atoms with van der Waals surface area (Å²) in [6, 6.07) is 0. The van der Waals surface area contributed by atoms with Crippen LogP contribution < -0.4 is 0 Å². The second kappa shape index (κ2) is 6.30. The van der Waals surface area contributed by atoms with E-state index in [0.29, 0.717) is 13.0 Å². The van der Waals surface area contributed by atoms with E-state index in [1.54, 1.807) is 6.92 Å². The van der Waals surface area contributed by atoms with Crippen LogP contribution in [0.2, 0.25) is 0 Å². The van der Waals surface area contributed by atoms with Gasteiger partial charge in [0.15, 0.2) is 0 Å². The molecule has 4 heteroatoms. The third-order valence-electron chi connectivity index (χ3n) is 2.82. The molecular weight excluding hydrogens is 206 g/mol. The molecule has 4 nitrogen and oxygen atoms in total. The van der Waals surface area contributed by atoms with Gasteiger partial charge in [-0.15, -0.1) is 0 Å². The Balaban J connectivity index is 2.48. The van der Waals surface area contributed by atoms with Gasteiger partial charge in [0.05, 0.1) is 0 Å². The normalized spacial score (nSPS) is 15.4. The molecule has 0 bridgehead atoms. The van der Waals surface area contributed by atoms with Gasteiger partial charge in [-0.1, -0.05) is 11.6 Å². The number of amides is 1. The van der Waals surface area contributed by atoms with E-state index in [9.17, 15) is 9.59 Å². The van der Waals surface area contributed by atoms with Gasteiger partial charge in [-0.25, -0.2) is 0 Å². The van der Waals surface area contributed by atoms with Crippen LogP contribution in [-0.2, 0) is 9.59 Å². The summed E-state index contributed by atoms with van der Waals surface area (Å²) in [5.74, 6) is -1.02. The highest BCUT2D eigenvalue weighted by Gasteiger charge is 2.16. The smallest absolute Gasteiger partial charge is 0.323 e. The molecule has 0 atom stereocenters. The molecule has 0 heterocycles. The van der Waals surface area contributed by atoms with Crippen molar-refractivity contribution in [3.63, 3.8) is 0 Å². The third-order valence-corrected chi connectivity index (χ3v) is 2.82. The molecule has 90 valence electrons. The van der Waals surface area contributed by atoms with Crippen LogP contribution in [0.5, 0.6) is 0 Å². The van der Waals surface area contributed by atoms with Crippen LogP contribution >= 0.6 is 0 Å². The highest BCUT2D eigenvalue weighted by molar-refractivity contribution is 5.82. The predicted octanol–water partition coefficient (Wildman–Crippen LogP) is 1.81. The minimum absolute atomic E-state index is 0.0712. The number of hydrogen-bond donors (Lipinski definition) is 1. The van der Waals surface area contributed by atoms with Crippen molar-refractivity contribution in [2.24, 2.45) is 0 Å². The first-order valence-electron chi connectivity index (χ1n) is 5.81. The predicted molar refractivity (Wildman–Crippen MR) is 61.1 cm³/mol. The van der Waals surface area contributed by atoms with Gasteiger partial charge in [0, 0.05) is 13.0 Å². The summed E-state index contributed by atoms with van der Waals surface area (Å²) in [7, 11) is 0. The van der Waals surface area contributed by atoms with E-state index in [-0.39, 0.29) is 12.5 Å². The second-order valence-corrected chi connectivity index (χ2v) is 4.09. The summed E-state index contributed by atoms with van der Waals surface area (Å²) >= 11 is 0. The molecule has 0 unspecified atom stereocenters. The first-order chi connectivity index (χ1) is 7.63. The number of aliphatic carboxylic acids is 1. The first-order valence-corrected chi connectivity index (χ1v) is 5.81. The molecule has 0 spiro atoms. The Morgan fingerprint density at radius 1 is 1.44 bits per heavy atom.